The molecule has 0 bridgehead atoms. The van der Waals surface area contributed by atoms with E-state index in [4.69, 9.17) is 4.42 Å². The van der Waals surface area contributed by atoms with E-state index in [-0.39, 0.29) is 5.63 Å². The number of fused-ring (bicyclic) bond motifs is 1. The molecule has 0 aliphatic heterocycles. The zero-order valence-electron chi connectivity index (χ0n) is 13.5. The Labute approximate surface area is 148 Å². The van der Waals surface area contributed by atoms with Crippen LogP contribution in [-0.4, -0.2) is 14.8 Å². The van der Waals surface area contributed by atoms with Crippen LogP contribution in [-0.2, 0) is 5.75 Å². The van der Waals surface area contributed by atoms with Gasteiger partial charge in [-0.1, -0.05) is 42.1 Å². The van der Waals surface area contributed by atoms with E-state index in [1.807, 2.05) is 60.0 Å². The normalized spacial score (nSPS) is 11.1. The van der Waals surface area contributed by atoms with Gasteiger partial charge in [-0.15, -0.1) is 10.2 Å². The van der Waals surface area contributed by atoms with Crippen LogP contribution < -0.4 is 5.63 Å². The van der Waals surface area contributed by atoms with Crippen molar-refractivity contribution in [3.05, 3.63) is 82.5 Å². The number of nitrogens with zero attached hydrogens (tertiary/aromatic N) is 3. The lowest BCUT2D eigenvalue weighted by Gasteiger charge is -2.07. The van der Waals surface area contributed by atoms with Crippen molar-refractivity contribution in [2.45, 2.75) is 17.8 Å². The molecule has 2 heterocycles. The molecule has 0 aliphatic carbocycles. The number of aryl methyl sites for hydroxylation is 1. The van der Waals surface area contributed by atoms with Crippen LogP contribution >= 0.6 is 11.8 Å². The zero-order chi connectivity index (χ0) is 17.2. The first kappa shape index (κ1) is 15.7. The van der Waals surface area contributed by atoms with Gasteiger partial charge in [0.25, 0.3) is 0 Å². The summed E-state index contributed by atoms with van der Waals surface area (Å²) >= 11 is 1.54. The van der Waals surface area contributed by atoms with Crippen LogP contribution in [0.4, 0.5) is 0 Å². The maximum absolute atomic E-state index is 11.9. The highest BCUT2D eigenvalue weighted by atomic mass is 32.2. The Morgan fingerprint density at radius 1 is 1.12 bits per heavy atom. The lowest BCUT2D eigenvalue weighted by Crippen LogP contribution is -2.01. The number of hydrogen-bond donors (Lipinski definition) is 0. The fraction of sp³-hybridized carbons (Fsp3) is 0.105. The van der Waals surface area contributed by atoms with Crippen molar-refractivity contribution in [2.24, 2.45) is 0 Å². The van der Waals surface area contributed by atoms with E-state index in [9.17, 15) is 4.79 Å². The van der Waals surface area contributed by atoms with Gasteiger partial charge in [-0.3, -0.25) is 4.57 Å². The van der Waals surface area contributed by atoms with E-state index in [0.29, 0.717) is 11.3 Å². The first-order valence-corrected chi connectivity index (χ1v) is 8.81. The van der Waals surface area contributed by atoms with Crippen LogP contribution in [0.25, 0.3) is 16.7 Å². The second kappa shape index (κ2) is 6.57. The van der Waals surface area contributed by atoms with Gasteiger partial charge in [0, 0.05) is 22.9 Å². The van der Waals surface area contributed by atoms with E-state index in [1.54, 1.807) is 12.4 Å². The molecule has 0 atom stereocenters. The molecule has 0 radical (unpaired) electrons. The molecule has 124 valence electrons. The Bertz CT molecular complexity index is 1090. The third-order valence-corrected chi connectivity index (χ3v) is 4.89. The number of hydrogen-bond acceptors (Lipinski definition) is 5. The molecule has 0 unspecified atom stereocenters. The van der Waals surface area contributed by atoms with Crippen LogP contribution in [0.3, 0.4) is 0 Å². The van der Waals surface area contributed by atoms with Gasteiger partial charge in [0.1, 0.15) is 11.9 Å². The number of rotatable bonds is 4. The summed E-state index contributed by atoms with van der Waals surface area (Å²) in [5, 5.41) is 9.94. The molecule has 0 saturated heterocycles. The predicted octanol–water partition coefficient (Wildman–Crippen LogP) is 3.97. The first-order chi connectivity index (χ1) is 12.2. The standard InChI is InChI=1S/C19H15N3O2S/c1-13-7-8-16-14(10-18(23)24-17(16)9-13)11-25-19-21-20-12-22(19)15-5-3-2-4-6-15/h2-10,12H,11H2,1H3. The molecule has 6 heteroatoms. The Morgan fingerprint density at radius 2 is 1.96 bits per heavy atom. The molecular weight excluding hydrogens is 334 g/mol. The minimum atomic E-state index is -0.335. The maximum Gasteiger partial charge on any atom is 0.336 e. The molecule has 25 heavy (non-hydrogen) atoms. The van der Waals surface area contributed by atoms with Crippen molar-refractivity contribution in [2.75, 3.05) is 0 Å². The zero-order valence-corrected chi connectivity index (χ0v) is 14.4. The van der Waals surface area contributed by atoms with Gasteiger partial charge in [0.2, 0.25) is 0 Å². The maximum atomic E-state index is 11.9. The van der Waals surface area contributed by atoms with E-state index >= 15 is 0 Å². The molecule has 0 spiro atoms. The summed E-state index contributed by atoms with van der Waals surface area (Å²) in [7, 11) is 0. The second-order valence-corrected chi connectivity index (χ2v) is 6.64. The molecule has 2 aromatic heterocycles. The molecule has 0 fully saturated rings. The van der Waals surface area contributed by atoms with Crippen LogP contribution in [0.5, 0.6) is 0 Å². The van der Waals surface area contributed by atoms with Gasteiger partial charge in [0.15, 0.2) is 5.16 Å². The molecule has 0 N–H and O–H groups in total. The van der Waals surface area contributed by atoms with E-state index in [2.05, 4.69) is 10.2 Å². The van der Waals surface area contributed by atoms with E-state index < -0.39 is 0 Å². The lowest BCUT2D eigenvalue weighted by molar-refractivity contribution is 0.559. The summed E-state index contributed by atoms with van der Waals surface area (Å²) in [4.78, 5) is 11.9. The topological polar surface area (TPSA) is 60.9 Å². The number of aromatic nitrogens is 3. The molecule has 0 aliphatic rings. The van der Waals surface area contributed by atoms with Gasteiger partial charge in [-0.25, -0.2) is 4.79 Å². The summed E-state index contributed by atoms with van der Waals surface area (Å²) in [5.74, 6) is 0.608. The SMILES string of the molecule is Cc1ccc2c(CSc3nncn3-c3ccccc3)cc(=O)oc2c1. The lowest BCUT2D eigenvalue weighted by atomic mass is 10.1. The monoisotopic (exact) mass is 349 g/mol. The van der Waals surface area contributed by atoms with Crippen molar-refractivity contribution < 1.29 is 4.42 Å². The Kier molecular flexibility index (Phi) is 4.11. The summed E-state index contributed by atoms with van der Waals surface area (Å²) < 4.78 is 7.25. The number of para-hydroxylation sites is 1. The smallest absolute Gasteiger partial charge is 0.336 e. The third kappa shape index (κ3) is 3.21. The molecule has 5 nitrogen and oxygen atoms in total. The summed E-state index contributed by atoms with van der Waals surface area (Å²) in [5.41, 5.74) is 3.28. The Morgan fingerprint density at radius 3 is 2.80 bits per heavy atom. The van der Waals surface area contributed by atoms with Gasteiger partial charge in [-0.05, 0) is 36.2 Å². The van der Waals surface area contributed by atoms with Crippen LogP contribution in [0.1, 0.15) is 11.1 Å². The minimum Gasteiger partial charge on any atom is -0.423 e. The van der Waals surface area contributed by atoms with Crippen LogP contribution in [0, 0.1) is 6.92 Å². The quantitative estimate of drug-likeness (QED) is 0.412. The fourth-order valence-electron chi connectivity index (χ4n) is 2.69. The van der Waals surface area contributed by atoms with Crippen molar-refractivity contribution in [1.82, 2.24) is 14.8 Å². The highest BCUT2D eigenvalue weighted by Gasteiger charge is 2.10. The highest BCUT2D eigenvalue weighted by molar-refractivity contribution is 7.98. The Balaban J connectivity index is 1.66. The van der Waals surface area contributed by atoms with Crippen molar-refractivity contribution in [3.8, 4) is 5.69 Å². The molecule has 0 amide bonds. The van der Waals surface area contributed by atoms with Crippen LogP contribution in [0.15, 0.2) is 75.3 Å². The van der Waals surface area contributed by atoms with Crippen molar-refractivity contribution >= 4 is 22.7 Å². The predicted molar refractivity (Wildman–Crippen MR) is 98.1 cm³/mol. The van der Waals surface area contributed by atoms with Crippen LogP contribution in [0.2, 0.25) is 0 Å². The third-order valence-electron chi connectivity index (χ3n) is 3.89. The Hall–Kier alpha value is -2.86. The van der Waals surface area contributed by atoms with Gasteiger partial charge in [0.05, 0.1) is 0 Å². The summed E-state index contributed by atoms with van der Waals surface area (Å²) in [6.45, 7) is 1.98. The van der Waals surface area contributed by atoms with Gasteiger partial charge >= 0.3 is 5.63 Å². The van der Waals surface area contributed by atoms with Crippen molar-refractivity contribution in [3.63, 3.8) is 0 Å². The first-order valence-electron chi connectivity index (χ1n) is 7.82. The largest absolute Gasteiger partial charge is 0.423 e. The summed E-state index contributed by atoms with van der Waals surface area (Å²) in [6, 6.07) is 17.4. The molecular formula is C19H15N3O2S. The van der Waals surface area contributed by atoms with Gasteiger partial charge < -0.3 is 4.42 Å². The fourth-order valence-corrected chi connectivity index (χ4v) is 3.61. The average molecular weight is 349 g/mol. The number of benzene rings is 2. The average Bonchev–Trinajstić information content (AvgIpc) is 3.08. The van der Waals surface area contributed by atoms with E-state index in [0.717, 1.165) is 27.4 Å². The molecule has 2 aromatic carbocycles. The second-order valence-electron chi connectivity index (χ2n) is 5.70. The number of thioether (sulfide) groups is 1. The van der Waals surface area contributed by atoms with Crippen molar-refractivity contribution in [1.29, 1.82) is 0 Å². The molecule has 4 aromatic rings. The van der Waals surface area contributed by atoms with Gasteiger partial charge in [-0.2, -0.15) is 0 Å². The minimum absolute atomic E-state index is 0.335. The molecule has 4 rings (SSSR count). The highest BCUT2D eigenvalue weighted by Crippen LogP contribution is 2.27. The van der Waals surface area contributed by atoms with E-state index in [1.165, 1.54) is 11.8 Å². The molecule has 0 saturated carbocycles. The summed E-state index contributed by atoms with van der Waals surface area (Å²) in [6.07, 6.45) is 1.69.